The van der Waals surface area contributed by atoms with Gasteiger partial charge in [-0.25, -0.2) is 8.78 Å². The first kappa shape index (κ1) is 28.1. The van der Waals surface area contributed by atoms with E-state index in [0.29, 0.717) is 11.8 Å². The summed E-state index contributed by atoms with van der Waals surface area (Å²) >= 11 is 7.45. The summed E-state index contributed by atoms with van der Waals surface area (Å²) in [4.78, 5) is 16.1. The van der Waals surface area contributed by atoms with Gasteiger partial charge in [0.1, 0.15) is 22.3 Å². The summed E-state index contributed by atoms with van der Waals surface area (Å²) in [6.45, 7) is 0.253. The van der Waals surface area contributed by atoms with E-state index in [1.54, 1.807) is 12.0 Å². The highest BCUT2D eigenvalue weighted by atomic mass is 35.5. The highest BCUT2D eigenvalue weighted by Gasteiger charge is 2.33. The van der Waals surface area contributed by atoms with Crippen molar-refractivity contribution in [3.63, 3.8) is 0 Å². The standard InChI is InChI=1S/C32H29ClF2N2O2S/c1-4-19-5-7-20(8-6-19)21-9-16-27(39-3)22(17-21)18-37(24-12-10-23(36-2)11-13-24)32(38)31-29(33)28-25(34)14-15-26(35)30(28)40-31/h1,5-9,14-17,23-24,36H,10-13,18H2,2-3H3/t23-,24+. The number of amides is 1. The number of methoxy groups -OCH3 is 1. The summed E-state index contributed by atoms with van der Waals surface area (Å²) in [5.74, 6) is 1.68. The second-order valence-corrected chi connectivity index (χ2v) is 11.4. The smallest absolute Gasteiger partial charge is 0.266 e. The number of nitrogens with one attached hydrogen (secondary N) is 1. The average molecular weight is 579 g/mol. The van der Waals surface area contributed by atoms with Crippen LogP contribution in [-0.4, -0.2) is 37.0 Å². The van der Waals surface area contributed by atoms with Crippen LogP contribution >= 0.6 is 22.9 Å². The molecule has 40 heavy (non-hydrogen) atoms. The van der Waals surface area contributed by atoms with Gasteiger partial charge in [-0.1, -0.05) is 35.7 Å². The first-order valence-electron chi connectivity index (χ1n) is 13.1. The van der Waals surface area contributed by atoms with E-state index in [-0.39, 0.29) is 38.5 Å². The number of carbonyl (C=O) groups is 1. The summed E-state index contributed by atoms with van der Waals surface area (Å²) < 4.78 is 35.0. The van der Waals surface area contributed by atoms with Gasteiger partial charge < -0.3 is 15.0 Å². The molecule has 1 aliphatic rings. The molecule has 1 N–H and O–H groups in total. The van der Waals surface area contributed by atoms with Gasteiger partial charge in [-0.15, -0.1) is 17.8 Å². The molecule has 0 aliphatic heterocycles. The molecule has 1 aromatic heterocycles. The molecule has 4 aromatic rings. The maximum Gasteiger partial charge on any atom is 0.266 e. The van der Waals surface area contributed by atoms with Gasteiger partial charge in [0.25, 0.3) is 5.91 Å². The Morgan fingerprint density at radius 2 is 1.75 bits per heavy atom. The quantitative estimate of drug-likeness (QED) is 0.229. The molecule has 1 aliphatic carbocycles. The molecule has 1 saturated carbocycles. The number of benzene rings is 3. The lowest BCUT2D eigenvalue weighted by Crippen LogP contribution is -2.44. The number of terminal acetylenes is 1. The van der Waals surface area contributed by atoms with Crippen LogP contribution in [0.25, 0.3) is 21.2 Å². The van der Waals surface area contributed by atoms with E-state index in [0.717, 1.165) is 71.4 Å². The van der Waals surface area contributed by atoms with Crippen molar-refractivity contribution < 1.29 is 18.3 Å². The molecule has 0 bridgehead atoms. The summed E-state index contributed by atoms with van der Waals surface area (Å²) in [6, 6.07) is 16.0. The fraction of sp³-hybridized carbons (Fsp3) is 0.281. The minimum atomic E-state index is -0.650. The van der Waals surface area contributed by atoms with Crippen LogP contribution in [0.5, 0.6) is 5.75 Å². The van der Waals surface area contributed by atoms with Crippen molar-refractivity contribution in [3.8, 4) is 29.2 Å². The van der Waals surface area contributed by atoms with Crippen molar-refractivity contribution in [3.05, 3.63) is 87.3 Å². The monoisotopic (exact) mass is 578 g/mol. The number of hydrogen-bond acceptors (Lipinski definition) is 4. The Balaban J connectivity index is 1.55. The van der Waals surface area contributed by atoms with Crippen LogP contribution in [0, 0.1) is 24.0 Å². The van der Waals surface area contributed by atoms with Crippen molar-refractivity contribution in [2.24, 2.45) is 0 Å². The SMILES string of the molecule is C#Cc1ccc(-c2ccc(OC)c(CN(C(=O)c3sc4c(F)ccc(F)c4c3Cl)[C@H]3CC[C@@H](NC)CC3)c2)cc1. The lowest BCUT2D eigenvalue weighted by atomic mass is 9.89. The van der Waals surface area contributed by atoms with Crippen LogP contribution in [0.15, 0.2) is 54.6 Å². The largest absolute Gasteiger partial charge is 0.496 e. The number of rotatable bonds is 7. The van der Waals surface area contributed by atoms with Gasteiger partial charge in [0, 0.05) is 29.8 Å². The van der Waals surface area contributed by atoms with Gasteiger partial charge in [0.15, 0.2) is 0 Å². The summed E-state index contributed by atoms with van der Waals surface area (Å²) in [5.41, 5.74) is 3.54. The number of carbonyl (C=O) groups excluding carboxylic acids is 1. The Morgan fingerprint density at radius 3 is 2.38 bits per heavy atom. The molecule has 0 saturated heterocycles. The number of fused-ring (bicyclic) bond motifs is 1. The van der Waals surface area contributed by atoms with Crippen molar-refractivity contribution in [1.82, 2.24) is 10.2 Å². The summed E-state index contributed by atoms with van der Waals surface area (Å²) in [7, 11) is 3.54. The maximum absolute atomic E-state index is 14.6. The first-order valence-corrected chi connectivity index (χ1v) is 14.3. The highest BCUT2D eigenvalue weighted by molar-refractivity contribution is 7.21. The lowest BCUT2D eigenvalue weighted by Gasteiger charge is -2.37. The molecule has 0 spiro atoms. The maximum atomic E-state index is 14.6. The third kappa shape index (κ3) is 5.44. The molecule has 1 heterocycles. The van der Waals surface area contributed by atoms with E-state index < -0.39 is 11.6 Å². The van der Waals surface area contributed by atoms with Gasteiger partial charge >= 0.3 is 0 Å². The van der Waals surface area contributed by atoms with Crippen LogP contribution in [0.1, 0.15) is 46.5 Å². The van der Waals surface area contributed by atoms with E-state index in [4.69, 9.17) is 22.8 Å². The lowest BCUT2D eigenvalue weighted by molar-refractivity contribution is 0.0604. The van der Waals surface area contributed by atoms with Crippen molar-refractivity contribution in [1.29, 1.82) is 0 Å². The predicted octanol–water partition coefficient (Wildman–Crippen LogP) is 7.66. The normalized spacial score (nSPS) is 17.0. The van der Waals surface area contributed by atoms with E-state index in [9.17, 15) is 13.6 Å². The Kier molecular flexibility index (Phi) is 8.41. The Bertz CT molecular complexity index is 1590. The average Bonchev–Trinajstić information content (AvgIpc) is 3.35. The zero-order valence-electron chi connectivity index (χ0n) is 22.3. The van der Waals surface area contributed by atoms with E-state index in [1.807, 2.05) is 49.5 Å². The van der Waals surface area contributed by atoms with Crippen molar-refractivity contribution >= 4 is 38.9 Å². The molecule has 206 valence electrons. The van der Waals surface area contributed by atoms with Crippen LogP contribution in [-0.2, 0) is 6.54 Å². The van der Waals surface area contributed by atoms with E-state index in [2.05, 4.69) is 11.2 Å². The minimum Gasteiger partial charge on any atom is -0.496 e. The molecule has 1 fully saturated rings. The Labute approximate surface area is 241 Å². The molecule has 4 nitrogen and oxygen atoms in total. The van der Waals surface area contributed by atoms with Crippen molar-refractivity contribution in [2.75, 3.05) is 14.2 Å². The molecule has 1 amide bonds. The first-order chi connectivity index (χ1) is 19.3. The minimum absolute atomic E-state index is 0.0437. The van der Waals surface area contributed by atoms with Gasteiger partial charge in [-0.05, 0) is 80.3 Å². The number of thiophene rings is 1. The predicted molar refractivity (Wildman–Crippen MR) is 158 cm³/mol. The number of hydrogen-bond donors (Lipinski definition) is 1. The van der Waals surface area contributed by atoms with Gasteiger partial charge in [0.05, 0.1) is 22.2 Å². The van der Waals surface area contributed by atoms with Crippen LogP contribution in [0.2, 0.25) is 5.02 Å². The number of ether oxygens (including phenoxy) is 1. The summed E-state index contributed by atoms with van der Waals surface area (Å²) in [5, 5.41) is 3.22. The molecule has 8 heteroatoms. The van der Waals surface area contributed by atoms with E-state index >= 15 is 0 Å². The van der Waals surface area contributed by atoms with Crippen molar-refractivity contribution in [2.45, 2.75) is 44.3 Å². The molecular formula is C32H29ClF2N2O2S. The third-order valence-corrected chi connectivity index (χ3v) is 9.36. The topological polar surface area (TPSA) is 41.6 Å². The van der Waals surface area contributed by atoms with Crippen LogP contribution < -0.4 is 10.1 Å². The molecule has 0 radical (unpaired) electrons. The molecule has 5 rings (SSSR count). The zero-order valence-corrected chi connectivity index (χ0v) is 23.8. The van der Waals surface area contributed by atoms with Gasteiger partial charge in [-0.3, -0.25) is 4.79 Å². The molecular weight excluding hydrogens is 550 g/mol. The van der Waals surface area contributed by atoms with E-state index in [1.165, 1.54) is 0 Å². The third-order valence-electron chi connectivity index (χ3n) is 7.69. The fourth-order valence-corrected chi connectivity index (χ4v) is 6.94. The second-order valence-electron chi connectivity index (χ2n) is 9.95. The highest BCUT2D eigenvalue weighted by Crippen LogP contribution is 2.40. The van der Waals surface area contributed by atoms with Crippen LogP contribution in [0.3, 0.4) is 0 Å². The summed E-state index contributed by atoms with van der Waals surface area (Å²) in [6.07, 6.45) is 8.91. The molecule has 0 unspecified atom stereocenters. The van der Waals surface area contributed by atoms with Crippen LogP contribution in [0.4, 0.5) is 8.78 Å². The Hall–Kier alpha value is -3.44. The second kappa shape index (κ2) is 12.0. The number of nitrogens with zero attached hydrogens (tertiary/aromatic N) is 1. The van der Waals surface area contributed by atoms with Gasteiger partial charge in [0.2, 0.25) is 0 Å². The Morgan fingerprint density at radius 1 is 1.07 bits per heavy atom. The number of halogens is 3. The fourth-order valence-electron chi connectivity index (χ4n) is 5.43. The van der Waals surface area contributed by atoms with Gasteiger partial charge in [-0.2, -0.15) is 0 Å². The molecule has 0 atom stereocenters. The zero-order chi connectivity index (χ0) is 28.4. The molecule has 3 aromatic carbocycles.